The third-order valence-electron chi connectivity index (χ3n) is 3.52. The number of pyridine rings is 2. The molecule has 0 amide bonds. The third kappa shape index (κ3) is 3.80. The third-order valence-corrected chi connectivity index (χ3v) is 3.52. The highest BCUT2D eigenvalue weighted by Crippen LogP contribution is 2.20. The Hall–Kier alpha value is -3.01. The summed E-state index contributed by atoms with van der Waals surface area (Å²) in [7, 11) is 0. The van der Waals surface area contributed by atoms with Crippen molar-refractivity contribution in [2.24, 2.45) is 0 Å². The zero-order valence-electron chi connectivity index (χ0n) is 12.6. The molecule has 0 bridgehead atoms. The van der Waals surface area contributed by atoms with Crippen LogP contribution in [0, 0.1) is 0 Å². The SMILES string of the molecule is O=Cc1ccc(-c2ccccc2)nc1NCCc1ccccn1. The number of nitrogens with one attached hydrogen (secondary N) is 1. The van der Waals surface area contributed by atoms with Gasteiger partial charge in [-0.2, -0.15) is 0 Å². The van der Waals surface area contributed by atoms with Gasteiger partial charge in [0.2, 0.25) is 0 Å². The molecule has 1 aromatic carbocycles. The highest BCUT2D eigenvalue weighted by Gasteiger charge is 2.06. The van der Waals surface area contributed by atoms with Gasteiger partial charge in [-0.05, 0) is 24.3 Å². The Morgan fingerprint density at radius 3 is 2.52 bits per heavy atom. The standard InChI is InChI=1S/C19H17N3O/c23-14-16-9-10-18(15-6-2-1-3-7-15)22-19(16)21-13-11-17-8-4-5-12-20-17/h1-10,12,14H,11,13H2,(H,21,22). The summed E-state index contributed by atoms with van der Waals surface area (Å²) in [5.41, 5.74) is 3.44. The van der Waals surface area contributed by atoms with E-state index in [1.165, 1.54) is 0 Å². The van der Waals surface area contributed by atoms with Crippen LogP contribution in [0.3, 0.4) is 0 Å². The van der Waals surface area contributed by atoms with Crippen LogP contribution >= 0.6 is 0 Å². The monoisotopic (exact) mass is 303 g/mol. The average Bonchev–Trinajstić information content (AvgIpc) is 2.63. The number of carbonyl (C=O) groups excluding carboxylic acids is 1. The summed E-state index contributed by atoms with van der Waals surface area (Å²) < 4.78 is 0. The fourth-order valence-electron chi connectivity index (χ4n) is 2.33. The van der Waals surface area contributed by atoms with Crippen molar-refractivity contribution in [3.63, 3.8) is 0 Å². The van der Waals surface area contributed by atoms with Gasteiger partial charge >= 0.3 is 0 Å². The van der Waals surface area contributed by atoms with E-state index in [1.807, 2.05) is 54.6 Å². The van der Waals surface area contributed by atoms with Crippen LogP contribution < -0.4 is 5.32 Å². The number of benzene rings is 1. The van der Waals surface area contributed by atoms with Crippen LogP contribution in [0.2, 0.25) is 0 Å². The number of hydrogen-bond acceptors (Lipinski definition) is 4. The Balaban J connectivity index is 1.76. The van der Waals surface area contributed by atoms with Crippen molar-refractivity contribution in [2.75, 3.05) is 11.9 Å². The summed E-state index contributed by atoms with van der Waals surface area (Å²) in [5, 5.41) is 3.24. The molecule has 1 N–H and O–H groups in total. The molecule has 0 unspecified atom stereocenters. The molecule has 0 fully saturated rings. The van der Waals surface area contributed by atoms with Crippen LogP contribution in [-0.4, -0.2) is 22.8 Å². The molecule has 0 radical (unpaired) electrons. The Kier molecular flexibility index (Phi) is 4.74. The number of aromatic nitrogens is 2. The Morgan fingerprint density at radius 1 is 0.957 bits per heavy atom. The molecule has 0 aliphatic rings. The quantitative estimate of drug-likeness (QED) is 0.707. The van der Waals surface area contributed by atoms with E-state index < -0.39 is 0 Å². The van der Waals surface area contributed by atoms with E-state index in [2.05, 4.69) is 15.3 Å². The van der Waals surface area contributed by atoms with Crippen molar-refractivity contribution in [3.05, 3.63) is 78.1 Å². The van der Waals surface area contributed by atoms with E-state index in [0.29, 0.717) is 17.9 Å². The van der Waals surface area contributed by atoms with Crippen molar-refractivity contribution in [1.82, 2.24) is 9.97 Å². The molecule has 0 spiro atoms. The Morgan fingerprint density at radius 2 is 1.78 bits per heavy atom. The van der Waals surface area contributed by atoms with Crippen LogP contribution in [0.25, 0.3) is 11.3 Å². The second kappa shape index (κ2) is 7.31. The Labute approximate surface area is 135 Å². The van der Waals surface area contributed by atoms with E-state index >= 15 is 0 Å². The van der Waals surface area contributed by atoms with Crippen LogP contribution in [0.4, 0.5) is 5.82 Å². The molecule has 2 aromatic heterocycles. The van der Waals surface area contributed by atoms with Crippen LogP contribution in [0.15, 0.2) is 66.9 Å². The van der Waals surface area contributed by atoms with Gasteiger partial charge in [0.15, 0.2) is 6.29 Å². The average molecular weight is 303 g/mol. The lowest BCUT2D eigenvalue weighted by atomic mass is 10.1. The zero-order chi connectivity index (χ0) is 15.9. The first-order valence-corrected chi connectivity index (χ1v) is 7.52. The highest BCUT2D eigenvalue weighted by molar-refractivity contribution is 5.83. The largest absolute Gasteiger partial charge is 0.369 e. The van der Waals surface area contributed by atoms with Gasteiger partial charge in [-0.3, -0.25) is 9.78 Å². The number of carbonyl (C=O) groups is 1. The van der Waals surface area contributed by atoms with Crippen LogP contribution in [0.1, 0.15) is 16.1 Å². The second-order valence-corrected chi connectivity index (χ2v) is 5.12. The van der Waals surface area contributed by atoms with Crippen molar-refractivity contribution in [2.45, 2.75) is 6.42 Å². The van der Waals surface area contributed by atoms with Gasteiger partial charge in [-0.15, -0.1) is 0 Å². The first-order chi connectivity index (χ1) is 11.4. The molecular formula is C19H17N3O. The zero-order valence-corrected chi connectivity index (χ0v) is 12.6. The molecule has 0 saturated carbocycles. The van der Waals surface area contributed by atoms with E-state index in [9.17, 15) is 4.79 Å². The minimum absolute atomic E-state index is 0.561. The van der Waals surface area contributed by atoms with Crippen molar-refractivity contribution >= 4 is 12.1 Å². The second-order valence-electron chi connectivity index (χ2n) is 5.12. The number of nitrogens with zero attached hydrogens (tertiary/aromatic N) is 2. The molecule has 3 aromatic rings. The molecule has 4 heteroatoms. The summed E-state index contributed by atoms with van der Waals surface area (Å²) in [6.07, 6.45) is 3.38. The normalized spacial score (nSPS) is 10.3. The molecule has 2 heterocycles. The van der Waals surface area contributed by atoms with Crippen LogP contribution in [-0.2, 0) is 6.42 Å². The number of aldehydes is 1. The lowest BCUT2D eigenvalue weighted by Crippen LogP contribution is -2.09. The number of rotatable bonds is 6. The molecule has 0 aliphatic heterocycles. The highest BCUT2D eigenvalue weighted by atomic mass is 16.1. The lowest BCUT2D eigenvalue weighted by Gasteiger charge is -2.10. The molecule has 4 nitrogen and oxygen atoms in total. The van der Waals surface area contributed by atoms with E-state index in [1.54, 1.807) is 12.3 Å². The van der Waals surface area contributed by atoms with Gasteiger partial charge in [0.25, 0.3) is 0 Å². The summed E-state index contributed by atoms with van der Waals surface area (Å²) in [5.74, 6) is 0.609. The molecule has 0 aliphatic carbocycles. The topological polar surface area (TPSA) is 54.9 Å². The first-order valence-electron chi connectivity index (χ1n) is 7.52. The van der Waals surface area contributed by atoms with Gasteiger partial charge < -0.3 is 5.32 Å². The van der Waals surface area contributed by atoms with Gasteiger partial charge in [0, 0.05) is 30.4 Å². The van der Waals surface area contributed by atoms with Gasteiger partial charge in [-0.1, -0.05) is 36.4 Å². The van der Waals surface area contributed by atoms with Gasteiger partial charge in [0.1, 0.15) is 5.82 Å². The molecule has 23 heavy (non-hydrogen) atoms. The maximum Gasteiger partial charge on any atom is 0.153 e. The van der Waals surface area contributed by atoms with Crippen molar-refractivity contribution in [3.8, 4) is 11.3 Å². The fraction of sp³-hybridized carbons (Fsp3) is 0.105. The maximum atomic E-state index is 11.2. The number of anilines is 1. The summed E-state index contributed by atoms with van der Waals surface area (Å²) in [6, 6.07) is 19.4. The molecule has 3 rings (SSSR count). The van der Waals surface area contributed by atoms with Gasteiger partial charge in [-0.25, -0.2) is 4.98 Å². The molecular weight excluding hydrogens is 286 g/mol. The molecule has 0 saturated heterocycles. The van der Waals surface area contributed by atoms with Crippen molar-refractivity contribution < 1.29 is 4.79 Å². The van der Waals surface area contributed by atoms with E-state index in [0.717, 1.165) is 29.7 Å². The van der Waals surface area contributed by atoms with Crippen molar-refractivity contribution in [1.29, 1.82) is 0 Å². The van der Waals surface area contributed by atoms with E-state index in [4.69, 9.17) is 0 Å². The maximum absolute atomic E-state index is 11.2. The first kappa shape index (κ1) is 14.9. The predicted molar refractivity (Wildman–Crippen MR) is 91.5 cm³/mol. The molecule has 114 valence electrons. The predicted octanol–water partition coefficient (Wildman–Crippen LogP) is 3.61. The summed E-state index contributed by atoms with van der Waals surface area (Å²) in [4.78, 5) is 20.1. The summed E-state index contributed by atoms with van der Waals surface area (Å²) >= 11 is 0. The Bertz CT molecular complexity index is 773. The fourth-order valence-corrected chi connectivity index (χ4v) is 2.33. The van der Waals surface area contributed by atoms with Crippen LogP contribution in [0.5, 0.6) is 0 Å². The minimum Gasteiger partial charge on any atom is -0.369 e. The lowest BCUT2D eigenvalue weighted by molar-refractivity contribution is 0.112. The smallest absolute Gasteiger partial charge is 0.153 e. The van der Waals surface area contributed by atoms with E-state index in [-0.39, 0.29) is 0 Å². The molecule has 0 atom stereocenters. The summed E-state index contributed by atoms with van der Waals surface area (Å²) in [6.45, 7) is 0.670. The van der Waals surface area contributed by atoms with Gasteiger partial charge in [0.05, 0.1) is 11.3 Å². The number of hydrogen-bond donors (Lipinski definition) is 1. The minimum atomic E-state index is 0.561.